The number of amides is 3. The summed E-state index contributed by atoms with van der Waals surface area (Å²) in [4.78, 5) is 35.3. The number of primary amides is 1. The van der Waals surface area contributed by atoms with E-state index in [4.69, 9.17) is 10.5 Å². The lowest BCUT2D eigenvalue weighted by Crippen LogP contribution is -2.49. The van der Waals surface area contributed by atoms with Crippen LogP contribution in [0.25, 0.3) is 0 Å². The third-order valence-electron chi connectivity index (χ3n) is 4.06. The quantitative estimate of drug-likeness (QED) is 0.458. The van der Waals surface area contributed by atoms with Crippen molar-refractivity contribution in [3.63, 3.8) is 0 Å². The molecule has 3 amide bonds. The fourth-order valence-electron chi connectivity index (χ4n) is 2.56. The number of carbonyl (C=O) groups is 3. The first-order valence-electron chi connectivity index (χ1n) is 9.56. The zero-order chi connectivity index (χ0) is 19.9. The van der Waals surface area contributed by atoms with E-state index in [1.54, 1.807) is 0 Å². The highest BCUT2D eigenvalue weighted by Crippen LogP contribution is 2.02. The van der Waals surface area contributed by atoms with Crippen molar-refractivity contribution in [2.75, 3.05) is 13.2 Å². The smallest absolute Gasteiger partial charge is 0.407 e. The van der Waals surface area contributed by atoms with Gasteiger partial charge in [0.1, 0.15) is 6.04 Å². The van der Waals surface area contributed by atoms with Gasteiger partial charge >= 0.3 is 6.09 Å². The van der Waals surface area contributed by atoms with E-state index in [9.17, 15) is 14.4 Å². The van der Waals surface area contributed by atoms with E-state index < -0.39 is 23.9 Å². The SMILES string of the molecule is CCCCCCCNC(=O)C(CC(N)=O)NC(=O)OCCc1ccccc1. The highest BCUT2D eigenvalue weighted by molar-refractivity contribution is 5.90. The number of nitrogens with two attached hydrogens (primary N) is 1. The van der Waals surface area contributed by atoms with Gasteiger partial charge in [-0.3, -0.25) is 9.59 Å². The molecule has 0 saturated carbocycles. The number of hydrogen-bond donors (Lipinski definition) is 3. The van der Waals surface area contributed by atoms with E-state index >= 15 is 0 Å². The van der Waals surface area contributed by atoms with Crippen molar-refractivity contribution < 1.29 is 19.1 Å². The van der Waals surface area contributed by atoms with Gasteiger partial charge in [-0.25, -0.2) is 4.79 Å². The maximum atomic E-state index is 12.2. The van der Waals surface area contributed by atoms with Gasteiger partial charge in [-0.2, -0.15) is 0 Å². The van der Waals surface area contributed by atoms with Crippen molar-refractivity contribution in [1.29, 1.82) is 0 Å². The van der Waals surface area contributed by atoms with Crippen molar-refractivity contribution in [1.82, 2.24) is 10.6 Å². The van der Waals surface area contributed by atoms with Gasteiger partial charge in [0.15, 0.2) is 0 Å². The van der Waals surface area contributed by atoms with Crippen LogP contribution in [0.1, 0.15) is 51.0 Å². The minimum atomic E-state index is -1.03. The first kappa shape index (κ1) is 22.5. The highest BCUT2D eigenvalue weighted by atomic mass is 16.5. The highest BCUT2D eigenvalue weighted by Gasteiger charge is 2.23. The van der Waals surface area contributed by atoms with Crippen LogP contribution in [0.15, 0.2) is 30.3 Å². The van der Waals surface area contributed by atoms with Gasteiger partial charge in [0.05, 0.1) is 13.0 Å². The van der Waals surface area contributed by atoms with E-state index in [0.29, 0.717) is 13.0 Å². The van der Waals surface area contributed by atoms with Gasteiger partial charge in [0, 0.05) is 13.0 Å². The number of nitrogens with one attached hydrogen (secondary N) is 2. The van der Waals surface area contributed by atoms with Crippen LogP contribution in [0, 0.1) is 0 Å². The number of ether oxygens (including phenoxy) is 1. The Labute approximate surface area is 161 Å². The molecule has 0 aliphatic heterocycles. The monoisotopic (exact) mass is 377 g/mol. The Morgan fingerprint density at radius 2 is 1.78 bits per heavy atom. The maximum Gasteiger partial charge on any atom is 0.407 e. The van der Waals surface area contributed by atoms with Crippen LogP contribution in [0.4, 0.5) is 4.79 Å². The van der Waals surface area contributed by atoms with Crippen LogP contribution in [0.2, 0.25) is 0 Å². The lowest BCUT2D eigenvalue weighted by Gasteiger charge is -2.17. The number of rotatable bonds is 13. The predicted octanol–water partition coefficient (Wildman–Crippen LogP) is 2.29. The molecule has 0 heterocycles. The second-order valence-electron chi connectivity index (χ2n) is 6.44. The van der Waals surface area contributed by atoms with Gasteiger partial charge in [-0.1, -0.05) is 62.9 Å². The molecular weight excluding hydrogens is 346 g/mol. The zero-order valence-corrected chi connectivity index (χ0v) is 16.0. The minimum absolute atomic E-state index is 0.179. The van der Waals surface area contributed by atoms with E-state index in [2.05, 4.69) is 17.6 Å². The van der Waals surface area contributed by atoms with Crippen molar-refractivity contribution in [2.45, 2.75) is 57.9 Å². The second-order valence-corrected chi connectivity index (χ2v) is 6.44. The van der Waals surface area contributed by atoms with E-state index in [1.807, 2.05) is 30.3 Å². The molecular formula is C20H31N3O4. The molecule has 0 saturated heterocycles. The molecule has 1 aromatic carbocycles. The Balaban J connectivity index is 2.35. The molecule has 1 unspecified atom stereocenters. The third-order valence-corrected chi connectivity index (χ3v) is 4.06. The summed E-state index contributed by atoms with van der Waals surface area (Å²) < 4.78 is 5.10. The second kappa shape index (κ2) is 13.6. The number of unbranched alkanes of at least 4 members (excludes halogenated alkanes) is 4. The van der Waals surface area contributed by atoms with Gasteiger partial charge in [-0.05, 0) is 12.0 Å². The Bertz CT molecular complexity index is 578. The predicted molar refractivity (Wildman–Crippen MR) is 104 cm³/mol. The van der Waals surface area contributed by atoms with Gasteiger partial charge in [0.25, 0.3) is 0 Å². The van der Waals surface area contributed by atoms with Crippen molar-refractivity contribution >= 4 is 17.9 Å². The first-order chi connectivity index (χ1) is 13.0. The lowest BCUT2D eigenvalue weighted by molar-refractivity contribution is -0.127. The number of hydrogen-bond acceptors (Lipinski definition) is 4. The van der Waals surface area contributed by atoms with Crippen molar-refractivity contribution in [3.8, 4) is 0 Å². The summed E-state index contributed by atoms with van der Waals surface area (Å²) in [6, 6.07) is 8.57. The maximum absolute atomic E-state index is 12.2. The van der Waals surface area contributed by atoms with Crippen LogP contribution >= 0.6 is 0 Å². The molecule has 7 heteroatoms. The average molecular weight is 377 g/mol. The summed E-state index contributed by atoms with van der Waals surface area (Å²) >= 11 is 0. The molecule has 150 valence electrons. The molecule has 0 bridgehead atoms. The molecule has 0 radical (unpaired) electrons. The largest absolute Gasteiger partial charge is 0.449 e. The van der Waals surface area contributed by atoms with Crippen LogP contribution in [-0.4, -0.2) is 37.1 Å². The molecule has 27 heavy (non-hydrogen) atoms. The number of carbonyl (C=O) groups excluding carboxylic acids is 3. The summed E-state index contributed by atoms with van der Waals surface area (Å²) in [6.07, 6.45) is 4.91. The summed E-state index contributed by atoms with van der Waals surface area (Å²) in [7, 11) is 0. The standard InChI is InChI=1S/C20H31N3O4/c1-2-3-4-5-9-13-22-19(25)17(15-18(21)24)23-20(26)27-14-12-16-10-7-6-8-11-16/h6-8,10-11,17H,2-5,9,12-15H2,1H3,(H2,21,24)(H,22,25)(H,23,26). The van der Waals surface area contributed by atoms with Crippen LogP contribution in [-0.2, 0) is 20.7 Å². The zero-order valence-electron chi connectivity index (χ0n) is 16.0. The normalized spacial score (nSPS) is 11.4. The summed E-state index contributed by atoms with van der Waals surface area (Å²) in [5.74, 6) is -1.09. The first-order valence-corrected chi connectivity index (χ1v) is 9.56. The van der Waals surface area contributed by atoms with Crippen LogP contribution in [0.5, 0.6) is 0 Å². The number of alkyl carbamates (subject to hydrolysis) is 1. The fraction of sp³-hybridized carbons (Fsp3) is 0.550. The van der Waals surface area contributed by atoms with E-state index in [1.165, 1.54) is 6.42 Å². The molecule has 0 aliphatic rings. The lowest BCUT2D eigenvalue weighted by atomic mass is 10.1. The molecule has 0 spiro atoms. The van der Waals surface area contributed by atoms with E-state index in [0.717, 1.165) is 31.2 Å². The molecule has 7 nitrogen and oxygen atoms in total. The van der Waals surface area contributed by atoms with Crippen molar-refractivity contribution in [3.05, 3.63) is 35.9 Å². The van der Waals surface area contributed by atoms with Crippen molar-refractivity contribution in [2.24, 2.45) is 5.73 Å². The topological polar surface area (TPSA) is 111 Å². The van der Waals surface area contributed by atoms with E-state index in [-0.39, 0.29) is 13.0 Å². The molecule has 0 aliphatic carbocycles. The Hall–Kier alpha value is -2.57. The molecule has 4 N–H and O–H groups in total. The van der Waals surface area contributed by atoms with Gasteiger partial charge in [-0.15, -0.1) is 0 Å². The summed E-state index contributed by atoms with van der Waals surface area (Å²) in [5, 5.41) is 5.16. The summed E-state index contributed by atoms with van der Waals surface area (Å²) in [6.45, 7) is 2.82. The van der Waals surface area contributed by atoms with Gasteiger partial charge in [0.2, 0.25) is 11.8 Å². The van der Waals surface area contributed by atoms with Gasteiger partial charge < -0.3 is 21.1 Å². The Morgan fingerprint density at radius 3 is 2.44 bits per heavy atom. The third kappa shape index (κ3) is 10.9. The Kier molecular flexibility index (Phi) is 11.3. The summed E-state index contributed by atoms with van der Waals surface area (Å²) in [5.41, 5.74) is 6.22. The molecule has 1 aromatic rings. The molecule has 1 rings (SSSR count). The minimum Gasteiger partial charge on any atom is -0.449 e. The molecule has 0 fully saturated rings. The molecule has 0 aromatic heterocycles. The average Bonchev–Trinajstić information content (AvgIpc) is 2.64. The fourth-order valence-corrected chi connectivity index (χ4v) is 2.56. The number of benzene rings is 1. The Morgan fingerprint density at radius 1 is 1.07 bits per heavy atom. The van der Waals surface area contributed by atoms with Crippen LogP contribution in [0.3, 0.4) is 0 Å². The molecule has 1 atom stereocenters. The van der Waals surface area contributed by atoms with Crippen LogP contribution < -0.4 is 16.4 Å².